The van der Waals surface area contributed by atoms with Crippen LogP contribution in [0.3, 0.4) is 0 Å². The van der Waals surface area contributed by atoms with Crippen molar-refractivity contribution in [1.29, 1.82) is 5.26 Å². The van der Waals surface area contributed by atoms with E-state index >= 15 is 0 Å². The third-order valence-corrected chi connectivity index (χ3v) is 3.91. The molecule has 0 aliphatic carbocycles. The van der Waals surface area contributed by atoms with Gasteiger partial charge < -0.3 is 14.8 Å². The molecule has 1 atom stereocenters. The number of carbonyl (C=O) groups is 2. The molecule has 140 valence electrons. The highest BCUT2D eigenvalue weighted by atomic mass is 35.5. The van der Waals surface area contributed by atoms with Crippen molar-refractivity contribution in [3.8, 4) is 11.8 Å². The Morgan fingerprint density at radius 1 is 1.22 bits per heavy atom. The highest BCUT2D eigenvalue weighted by molar-refractivity contribution is 6.30. The number of halogens is 1. The van der Waals surface area contributed by atoms with Crippen LogP contribution >= 0.6 is 11.6 Å². The predicted octanol–water partition coefficient (Wildman–Crippen LogP) is 3.78. The zero-order valence-corrected chi connectivity index (χ0v) is 16.0. The molecular weight excluding hydrogens is 368 g/mol. The minimum Gasteiger partial charge on any atom is -0.481 e. The van der Waals surface area contributed by atoms with Crippen LogP contribution < -0.4 is 10.1 Å². The number of hydrogen-bond donors (Lipinski definition) is 1. The summed E-state index contributed by atoms with van der Waals surface area (Å²) < 4.78 is 10.6. The van der Waals surface area contributed by atoms with E-state index in [1.165, 1.54) is 13.0 Å². The number of nitrogens with one attached hydrogen (secondary N) is 1. The van der Waals surface area contributed by atoms with Gasteiger partial charge in [-0.2, -0.15) is 5.26 Å². The standard InChI is InChI=1S/C20H19ClN2O4/c1-12-7-16(21)8-13(2)19(12)26-11-18(24)27-14(3)20(25)23-17-6-4-5-15(9-17)10-22/h4-9,14H,11H2,1-3H3,(H,23,25)/t14-/m0/s1. The molecule has 0 fully saturated rings. The maximum Gasteiger partial charge on any atom is 0.344 e. The molecule has 1 amide bonds. The van der Waals surface area contributed by atoms with Gasteiger partial charge in [0.05, 0.1) is 11.6 Å². The molecule has 0 radical (unpaired) electrons. The maximum atomic E-state index is 12.1. The van der Waals surface area contributed by atoms with E-state index in [9.17, 15) is 9.59 Å². The number of nitrogens with zero attached hydrogens (tertiary/aromatic N) is 1. The summed E-state index contributed by atoms with van der Waals surface area (Å²) in [7, 11) is 0. The monoisotopic (exact) mass is 386 g/mol. The largest absolute Gasteiger partial charge is 0.481 e. The van der Waals surface area contributed by atoms with E-state index in [1.54, 1.807) is 30.3 Å². The van der Waals surface area contributed by atoms with E-state index in [1.807, 2.05) is 19.9 Å². The third-order valence-electron chi connectivity index (χ3n) is 3.70. The second-order valence-corrected chi connectivity index (χ2v) is 6.41. The first-order valence-electron chi connectivity index (χ1n) is 8.20. The lowest BCUT2D eigenvalue weighted by Crippen LogP contribution is -2.31. The molecule has 1 N–H and O–H groups in total. The number of ether oxygens (including phenoxy) is 2. The number of amides is 1. The van der Waals surface area contributed by atoms with Gasteiger partial charge in [-0.25, -0.2) is 4.79 Å². The summed E-state index contributed by atoms with van der Waals surface area (Å²) in [5.74, 6) is -0.615. The molecule has 0 saturated carbocycles. The van der Waals surface area contributed by atoms with Gasteiger partial charge in [-0.05, 0) is 62.2 Å². The van der Waals surface area contributed by atoms with Crippen LogP contribution in [0.4, 0.5) is 5.69 Å². The van der Waals surface area contributed by atoms with Crippen molar-refractivity contribution in [1.82, 2.24) is 0 Å². The fourth-order valence-electron chi connectivity index (χ4n) is 2.45. The van der Waals surface area contributed by atoms with Crippen molar-refractivity contribution in [2.45, 2.75) is 26.9 Å². The molecule has 27 heavy (non-hydrogen) atoms. The quantitative estimate of drug-likeness (QED) is 0.763. The first-order valence-corrected chi connectivity index (χ1v) is 8.58. The lowest BCUT2D eigenvalue weighted by atomic mass is 10.1. The number of benzene rings is 2. The zero-order valence-electron chi connectivity index (χ0n) is 15.2. The molecule has 0 spiro atoms. The van der Waals surface area contributed by atoms with Crippen LogP contribution in [0, 0.1) is 25.2 Å². The van der Waals surface area contributed by atoms with E-state index in [-0.39, 0.29) is 6.61 Å². The Morgan fingerprint density at radius 3 is 2.52 bits per heavy atom. The van der Waals surface area contributed by atoms with Crippen LogP contribution in [-0.2, 0) is 14.3 Å². The van der Waals surface area contributed by atoms with Crippen molar-refractivity contribution < 1.29 is 19.1 Å². The van der Waals surface area contributed by atoms with Gasteiger partial charge in [0.25, 0.3) is 5.91 Å². The van der Waals surface area contributed by atoms with Gasteiger partial charge in [0.1, 0.15) is 5.75 Å². The Hall–Kier alpha value is -3.04. The SMILES string of the molecule is Cc1cc(Cl)cc(C)c1OCC(=O)O[C@@H](C)C(=O)Nc1cccc(C#N)c1. The summed E-state index contributed by atoms with van der Waals surface area (Å²) in [5, 5.41) is 12.1. The molecule has 7 heteroatoms. The van der Waals surface area contributed by atoms with E-state index in [4.69, 9.17) is 26.3 Å². The highest BCUT2D eigenvalue weighted by Crippen LogP contribution is 2.27. The lowest BCUT2D eigenvalue weighted by molar-refractivity contribution is -0.155. The van der Waals surface area contributed by atoms with Gasteiger partial charge >= 0.3 is 5.97 Å². The Labute approximate surface area is 162 Å². The minimum absolute atomic E-state index is 0.329. The van der Waals surface area contributed by atoms with Gasteiger partial charge in [0, 0.05) is 10.7 Å². The fourth-order valence-corrected chi connectivity index (χ4v) is 2.78. The highest BCUT2D eigenvalue weighted by Gasteiger charge is 2.19. The number of esters is 1. The summed E-state index contributed by atoms with van der Waals surface area (Å²) in [6, 6.07) is 11.9. The molecule has 0 aliphatic rings. The van der Waals surface area contributed by atoms with Crippen molar-refractivity contribution in [3.05, 3.63) is 58.1 Å². The van der Waals surface area contributed by atoms with E-state index in [0.29, 0.717) is 22.0 Å². The first kappa shape index (κ1) is 20.3. The van der Waals surface area contributed by atoms with Gasteiger partial charge in [0.15, 0.2) is 12.7 Å². The number of carbonyl (C=O) groups excluding carboxylic acids is 2. The van der Waals surface area contributed by atoms with Gasteiger partial charge in [-0.1, -0.05) is 17.7 Å². The van der Waals surface area contributed by atoms with E-state index in [2.05, 4.69) is 5.32 Å². The topological polar surface area (TPSA) is 88.4 Å². The molecule has 0 aliphatic heterocycles. The summed E-state index contributed by atoms with van der Waals surface area (Å²) in [6.45, 7) is 4.78. The molecule has 0 aromatic heterocycles. The minimum atomic E-state index is -1.01. The van der Waals surface area contributed by atoms with Crippen LogP contribution in [0.5, 0.6) is 5.75 Å². The van der Waals surface area contributed by atoms with E-state index in [0.717, 1.165) is 11.1 Å². The Bertz CT molecular complexity index is 882. The van der Waals surface area contributed by atoms with Crippen molar-refractivity contribution in [3.63, 3.8) is 0 Å². The summed E-state index contributed by atoms with van der Waals surface area (Å²) in [6.07, 6.45) is -1.01. The summed E-state index contributed by atoms with van der Waals surface area (Å²) >= 11 is 5.96. The number of rotatable bonds is 6. The van der Waals surface area contributed by atoms with Crippen LogP contribution in [0.25, 0.3) is 0 Å². The molecule has 6 nitrogen and oxygen atoms in total. The average molecular weight is 387 g/mol. The normalized spacial score (nSPS) is 11.2. The first-order chi connectivity index (χ1) is 12.8. The van der Waals surface area contributed by atoms with Crippen LogP contribution in [0.15, 0.2) is 36.4 Å². The van der Waals surface area contributed by atoms with E-state index < -0.39 is 18.0 Å². The molecule has 2 aromatic carbocycles. The second kappa shape index (κ2) is 9.06. The summed E-state index contributed by atoms with van der Waals surface area (Å²) in [5.41, 5.74) is 2.47. The number of anilines is 1. The molecule has 0 saturated heterocycles. The number of nitriles is 1. The number of aryl methyl sites for hydroxylation is 2. The summed E-state index contributed by atoms with van der Waals surface area (Å²) in [4.78, 5) is 24.1. The Morgan fingerprint density at radius 2 is 1.89 bits per heavy atom. The van der Waals surface area contributed by atoms with Crippen molar-refractivity contribution in [2.75, 3.05) is 11.9 Å². The average Bonchev–Trinajstić information content (AvgIpc) is 2.60. The number of hydrogen-bond acceptors (Lipinski definition) is 5. The smallest absolute Gasteiger partial charge is 0.344 e. The van der Waals surface area contributed by atoms with Crippen LogP contribution in [0.2, 0.25) is 5.02 Å². The molecule has 0 unspecified atom stereocenters. The van der Waals surface area contributed by atoms with Gasteiger partial charge in [0.2, 0.25) is 0 Å². The second-order valence-electron chi connectivity index (χ2n) is 5.97. The van der Waals surface area contributed by atoms with Gasteiger partial charge in [-0.15, -0.1) is 0 Å². The fraction of sp³-hybridized carbons (Fsp3) is 0.250. The molecule has 0 heterocycles. The zero-order chi connectivity index (χ0) is 20.0. The van der Waals surface area contributed by atoms with Gasteiger partial charge in [-0.3, -0.25) is 4.79 Å². The van der Waals surface area contributed by atoms with Crippen molar-refractivity contribution in [2.24, 2.45) is 0 Å². The van der Waals surface area contributed by atoms with Crippen LogP contribution in [0.1, 0.15) is 23.6 Å². The maximum absolute atomic E-state index is 12.1. The third kappa shape index (κ3) is 5.73. The van der Waals surface area contributed by atoms with Crippen LogP contribution in [-0.4, -0.2) is 24.6 Å². The molecule has 2 rings (SSSR count). The predicted molar refractivity (Wildman–Crippen MR) is 102 cm³/mol. The Balaban J connectivity index is 1.89. The molecule has 0 bridgehead atoms. The lowest BCUT2D eigenvalue weighted by Gasteiger charge is -2.15. The molecular formula is C20H19ClN2O4. The van der Waals surface area contributed by atoms with Crippen molar-refractivity contribution >= 4 is 29.2 Å². The molecule has 2 aromatic rings. The Kier molecular flexibility index (Phi) is 6.80.